The van der Waals surface area contributed by atoms with Gasteiger partial charge in [-0.3, -0.25) is 16.3 Å². The molecular formula is C14H23N3. The first kappa shape index (κ1) is 12.5. The second kappa shape index (κ2) is 5.61. The summed E-state index contributed by atoms with van der Waals surface area (Å²) in [5.41, 5.74) is 4.72. The Morgan fingerprint density at radius 1 is 1.47 bits per heavy atom. The summed E-state index contributed by atoms with van der Waals surface area (Å²) in [5, 5.41) is 0. The molecule has 1 fully saturated rings. The molecule has 0 radical (unpaired) electrons. The van der Waals surface area contributed by atoms with E-state index in [-0.39, 0.29) is 0 Å². The fourth-order valence-corrected chi connectivity index (χ4v) is 3.23. The van der Waals surface area contributed by atoms with Crippen LogP contribution in [0.2, 0.25) is 0 Å². The van der Waals surface area contributed by atoms with Crippen LogP contribution >= 0.6 is 0 Å². The Morgan fingerprint density at radius 3 is 2.76 bits per heavy atom. The second-order valence-electron chi connectivity index (χ2n) is 5.21. The molecule has 0 aromatic carbocycles. The van der Waals surface area contributed by atoms with E-state index < -0.39 is 0 Å². The maximum absolute atomic E-state index is 5.79. The lowest BCUT2D eigenvalue weighted by atomic mass is 9.74. The predicted octanol–water partition coefficient (Wildman–Crippen LogP) is 2.43. The Morgan fingerprint density at radius 2 is 2.24 bits per heavy atom. The van der Waals surface area contributed by atoms with Gasteiger partial charge in [-0.1, -0.05) is 25.8 Å². The lowest BCUT2D eigenvalue weighted by Gasteiger charge is -2.36. The van der Waals surface area contributed by atoms with Crippen molar-refractivity contribution in [3.63, 3.8) is 0 Å². The van der Waals surface area contributed by atoms with Gasteiger partial charge in [-0.25, -0.2) is 0 Å². The van der Waals surface area contributed by atoms with Crippen LogP contribution in [0.25, 0.3) is 0 Å². The molecule has 1 unspecified atom stereocenters. The molecule has 1 aromatic heterocycles. The highest BCUT2D eigenvalue weighted by molar-refractivity contribution is 5.12. The Hall–Kier alpha value is -0.930. The largest absolute Gasteiger partial charge is 0.271 e. The molecule has 0 amide bonds. The molecular weight excluding hydrogens is 210 g/mol. The van der Waals surface area contributed by atoms with Gasteiger partial charge in [0, 0.05) is 18.4 Å². The van der Waals surface area contributed by atoms with Crippen molar-refractivity contribution in [1.82, 2.24) is 10.4 Å². The third-order valence-electron chi connectivity index (χ3n) is 4.41. The van der Waals surface area contributed by atoms with Gasteiger partial charge < -0.3 is 0 Å². The first-order valence-corrected chi connectivity index (χ1v) is 6.66. The van der Waals surface area contributed by atoms with Gasteiger partial charge in [-0.15, -0.1) is 0 Å². The van der Waals surface area contributed by atoms with Gasteiger partial charge in [-0.2, -0.15) is 0 Å². The van der Waals surface area contributed by atoms with Gasteiger partial charge in [0.25, 0.3) is 0 Å². The fraction of sp³-hybridized carbons (Fsp3) is 0.643. The van der Waals surface area contributed by atoms with E-state index >= 15 is 0 Å². The molecule has 0 bridgehead atoms. The first-order valence-electron chi connectivity index (χ1n) is 6.66. The van der Waals surface area contributed by atoms with Crippen LogP contribution in [0.5, 0.6) is 0 Å². The van der Waals surface area contributed by atoms with Crippen LogP contribution in [0.3, 0.4) is 0 Å². The first-order chi connectivity index (χ1) is 8.30. The summed E-state index contributed by atoms with van der Waals surface area (Å²) >= 11 is 0. The molecule has 94 valence electrons. The van der Waals surface area contributed by atoms with E-state index in [2.05, 4.69) is 23.4 Å². The number of pyridine rings is 1. The van der Waals surface area contributed by atoms with Crippen molar-refractivity contribution in [2.24, 2.45) is 11.3 Å². The summed E-state index contributed by atoms with van der Waals surface area (Å²) in [6.07, 6.45) is 11.3. The van der Waals surface area contributed by atoms with E-state index in [1.165, 1.54) is 37.7 Å². The number of aromatic nitrogens is 1. The Kier molecular flexibility index (Phi) is 4.13. The van der Waals surface area contributed by atoms with Crippen LogP contribution in [0.4, 0.5) is 0 Å². The van der Waals surface area contributed by atoms with Gasteiger partial charge in [-0.05, 0) is 42.7 Å². The monoisotopic (exact) mass is 233 g/mol. The predicted molar refractivity (Wildman–Crippen MR) is 70.2 cm³/mol. The maximum atomic E-state index is 5.79. The number of hydrogen-bond acceptors (Lipinski definition) is 3. The molecule has 2 rings (SSSR count). The van der Waals surface area contributed by atoms with E-state index in [1.807, 2.05) is 18.5 Å². The number of rotatable bonds is 5. The van der Waals surface area contributed by atoms with Crippen molar-refractivity contribution in [3.8, 4) is 0 Å². The van der Waals surface area contributed by atoms with Gasteiger partial charge in [0.1, 0.15) is 0 Å². The highest BCUT2D eigenvalue weighted by atomic mass is 15.2. The Balaban J connectivity index is 2.10. The van der Waals surface area contributed by atoms with Crippen molar-refractivity contribution in [2.75, 3.05) is 0 Å². The Labute approximate surface area is 104 Å². The van der Waals surface area contributed by atoms with Crippen molar-refractivity contribution in [1.29, 1.82) is 0 Å². The van der Waals surface area contributed by atoms with E-state index in [0.29, 0.717) is 11.5 Å². The van der Waals surface area contributed by atoms with Crippen LogP contribution in [0, 0.1) is 5.41 Å². The van der Waals surface area contributed by atoms with E-state index in [1.54, 1.807) is 0 Å². The van der Waals surface area contributed by atoms with Gasteiger partial charge in [0.05, 0.1) is 0 Å². The molecule has 1 aliphatic rings. The molecule has 17 heavy (non-hydrogen) atoms. The second-order valence-corrected chi connectivity index (χ2v) is 5.21. The number of nitrogens with zero attached hydrogens (tertiary/aromatic N) is 1. The zero-order valence-electron chi connectivity index (χ0n) is 10.7. The number of hydrogen-bond donors (Lipinski definition) is 2. The molecule has 1 saturated carbocycles. The van der Waals surface area contributed by atoms with E-state index in [9.17, 15) is 0 Å². The van der Waals surface area contributed by atoms with E-state index in [4.69, 9.17) is 5.84 Å². The minimum absolute atomic E-state index is 0.374. The number of nitrogens with two attached hydrogens (primary N) is 1. The van der Waals surface area contributed by atoms with Crippen LogP contribution in [0.15, 0.2) is 24.5 Å². The molecule has 3 heteroatoms. The van der Waals surface area contributed by atoms with Crippen LogP contribution in [-0.2, 0) is 6.42 Å². The summed E-state index contributed by atoms with van der Waals surface area (Å²) < 4.78 is 0. The van der Waals surface area contributed by atoms with Crippen LogP contribution < -0.4 is 11.3 Å². The molecule has 1 heterocycles. The summed E-state index contributed by atoms with van der Waals surface area (Å²) in [6, 6.07) is 4.51. The topological polar surface area (TPSA) is 50.9 Å². The molecule has 1 aromatic rings. The van der Waals surface area contributed by atoms with E-state index in [0.717, 1.165) is 6.42 Å². The smallest absolute Gasteiger partial charge is 0.0307 e. The molecule has 3 N–H and O–H groups in total. The average Bonchev–Trinajstić information content (AvgIpc) is 2.87. The summed E-state index contributed by atoms with van der Waals surface area (Å²) in [7, 11) is 0. The lowest BCUT2D eigenvalue weighted by molar-refractivity contribution is 0.185. The Bertz CT molecular complexity index is 331. The third kappa shape index (κ3) is 2.67. The van der Waals surface area contributed by atoms with Crippen molar-refractivity contribution >= 4 is 0 Å². The zero-order valence-corrected chi connectivity index (χ0v) is 10.7. The number of hydrazine groups is 1. The molecule has 0 spiro atoms. The van der Waals surface area contributed by atoms with Crippen molar-refractivity contribution < 1.29 is 0 Å². The van der Waals surface area contributed by atoms with Gasteiger partial charge in [0.2, 0.25) is 0 Å². The summed E-state index contributed by atoms with van der Waals surface area (Å²) in [4.78, 5) is 4.18. The average molecular weight is 233 g/mol. The fourth-order valence-electron chi connectivity index (χ4n) is 3.23. The molecule has 0 saturated heterocycles. The van der Waals surface area contributed by atoms with Crippen LogP contribution in [0.1, 0.15) is 44.6 Å². The molecule has 1 atom stereocenters. The molecule has 0 aliphatic heterocycles. The zero-order chi connectivity index (χ0) is 12.1. The normalized spacial score (nSPS) is 20.4. The van der Waals surface area contributed by atoms with Gasteiger partial charge >= 0.3 is 0 Å². The SMILES string of the molecule is CCC1(C(Cc2cccnc2)NN)CCCC1. The minimum Gasteiger partial charge on any atom is -0.271 e. The lowest BCUT2D eigenvalue weighted by Crippen LogP contribution is -2.48. The summed E-state index contributed by atoms with van der Waals surface area (Å²) in [5.74, 6) is 5.79. The van der Waals surface area contributed by atoms with Crippen LogP contribution in [-0.4, -0.2) is 11.0 Å². The van der Waals surface area contributed by atoms with Crippen molar-refractivity contribution in [3.05, 3.63) is 30.1 Å². The van der Waals surface area contributed by atoms with Gasteiger partial charge in [0.15, 0.2) is 0 Å². The molecule has 3 nitrogen and oxygen atoms in total. The highest BCUT2D eigenvalue weighted by Crippen LogP contribution is 2.44. The molecule has 1 aliphatic carbocycles. The summed E-state index contributed by atoms with van der Waals surface area (Å²) in [6.45, 7) is 2.29. The standard InChI is InChI=1S/C14H23N3/c1-2-14(7-3-4-8-14)13(17-15)10-12-6-5-9-16-11-12/h5-6,9,11,13,17H,2-4,7-8,10,15H2,1H3. The highest BCUT2D eigenvalue weighted by Gasteiger charge is 2.39. The number of nitrogens with one attached hydrogen (secondary N) is 1. The maximum Gasteiger partial charge on any atom is 0.0307 e. The van der Waals surface area contributed by atoms with Crippen molar-refractivity contribution in [2.45, 2.75) is 51.5 Å². The minimum atomic E-state index is 0.374. The third-order valence-corrected chi connectivity index (χ3v) is 4.41. The quantitative estimate of drug-likeness (QED) is 0.606.